The van der Waals surface area contributed by atoms with E-state index in [9.17, 15) is 13.6 Å². The molecule has 1 aromatic carbocycles. The molecule has 5 rings (SSSR count). The lowest BCUT2D eigenvalue weighted by Gasteiger charge is -2.16. The van der Waals surface area contributed by atoms with Gasteiger partial charge in [0.1, 0.15) is 28.8 Å². The van der Waals surface area contributed by atoms with Crippen LogP contribution in [0.3, 0.4) is 0 Å². The minimum absolute atomic E-state index is 0.252. The average molecular weight is 436 g/mol. The molecule has 1 aliphatic rings. The lowest BCUT2D eigenvalue weighted by Crippen LogP contribution is -2.19. The zero-order chi connectivity index (χ0) is 22.5. The molecule has 9 heteroatoms. The zero-order valence-electron chi connectivity index (χ0n) is 17.5. The highest BCUT2D eigenvalue weighted by Gasteiger charge is 2.18. The number of hydrogen-bond acceptors (Lipinski definition) is 5. The van der Waals surface area contributed by atoms with Gasteiger partial charge in [0.25, 0.3) is 5.91 Å². The summed E-state index contributed by atoms with van der Waals surface area (Å²) in [5.74, 6) is 0.372. The summed E-state index contributed by atoms with van der Waals surface area (Å²) >= 11 is 0. The molecule has 0 radical (unpaired) electrons. The highest BCUT2D eigenvalue weighted by Crippen LogP contribution is 2.20. The minimum atomic E-state index is -0.411. The third kappa shape index (κ3) is 4.88. The lowest BCUT2D eigenvalue weighted by molar-refractivity contribution is 0.102. The number of amides is 1. The first-order valence-electron chi connectivity index (χ1n) is 10.2. The van der Waals surface area contributed by atoms with Gasteiger partial charge in [-0.25, -0.2) is 23.3 Å². The van der Waals surface area contributed by atoms with E-state index in [0.29, 0.717) is 17.0 Å². The maximum Gasteiger partial charge on any atom is 0.262 e. The van der Waals surface area contributed by atoms with Crippen molar-refractivity contribution in [2.45, 2.75) is 19.8 Å². The number of anilines is 2. The van der Waals surface area contributed by atoms with E-state index in [2.05, 4.69) is 25.3 Å². The fourth-order valence-corrected chi connectivity index (χ4v) is 3.36. The number of benzene rings is 1. The summed E-state index contributed by atoms with van der Waals surface area (Å²) in [6.45, 7) is 3.92. The Labute approximate surface area is 183 Å². The van der Waals surface area contributed by atoms with Gasteiger partial charge in [0.15, 0.2) is 5.65 Å². The van der Waals surface area contributed by atoms with Crippen LogP contribution in [0.1, 0.15) is 28.8 Å². The summed E-state index contributed by atoms with van der Waals surface area (Å²) in [6.07, 6.45) is 7.40. The fraction of sp³-hybridized carbons (Fsp3) is 0.217. The van der Waals surface area contributed by atoms with Crippen molar-refractivity contribution in [3.63, 3.8) is 0 Å². The Hall–Kier alpha value is -3.88. The molecule has 1 aliphatic heterocycles. The molecule has 1 saturated heterocycles. The second-order valence-electron chi connectivity index (χ2n) is 7.37. The van der Waals surface area contributed by atoms with Crippen LogP contribution in [-0.4, -0.2) is 38.6 Å². The van der Waals surface area contributed by atoms with Crippen LogP contribution < -0.4 is 10.2 Å². The predicted octanol–water partition coefficient (Wildman–Crippen LogP) is 4.25. The van der Waals surface area contributed by atoms with Crippen LogP contribution in [-0.2, 0) is 0 Å². The van der Waals surface area contributed by atoms with Crippen LogP contribution >= 0.6 is 0 Å². The van der Waals surface area contributed by atoms with E-state index in [0.717, 1.165) is 48.7 Å². The van der Waals surface area contributed by atoms with Crippen molar-refractivity contribution >= 4 is 23.2 Å². The van der Waals surface area contributed by atoms with Crippen LogP contribution in [0.4, 0.5) is 20.4 Å². The molecule has 3 aromatic heterocycles. The van der Waals surface area contributed by atoms with E-state index in [1.165, 1.54) is 12.8 Å². The maximum atomic E-state index is 12.6. The first-order valence-corrected chi connectivity index (χ1v) is 10.2. The zero-order valence-corrected chi connectivity index (χ0v) is 17.5. The highest BCUT2D eigenvalue weighted by molar-refractivity contribution is 6.08. The SMILES string of the molecule is Cc1cccnc1NC(=O)c1cnn2ccc(N3CCCC3)nc12.Fc1ccc(F)cc1. The number of nitrogens with one attached hydrogen (secondary N) is 1. The topological polar surface area (TPSA) is 75.4 Å². The van der Waals surface area contributed by atoms with Crippen LogP contribution in [0, 0.1) is 18.6 Å². The first-order chi connectivity index (χ1) is 15.5. The monoisotopic (exact) mass is 436 g/mol. The molecule has 4 heterocycles. The van der Waals surface area contributed by atoms with Crippen LogP contribution in [0.25, 0.3) is 5.65 Å². The number of nitrogens with zero attached hydrogens (tertiary/aromatic N) is 5. The molecule has 0 atom stereocenters. The number of aryl methyl sites for hydroxylation is 1. The van der Waals surface area contributed by atoms with Crippen molar-refractivity contribution in [3.05, 3.63) is 83.8 Å². The second-order valence-corrected chi connectivity index (χ2v) is 7.37. The summed E-state index contributed by atoms with van der Waals surface area (Å²) in [4.78, 5) is 23.7. The molecule has 0 saturated carbocycles. The molecule has 0 spiro atoms. The van der Waals surface area contributed by atoms with E-state index in [1.54, 1.807) is 16.9 Å². The molecule has 1 fully saturated rings. The molecule has 164 valence electrons. The van der Waals surface area contributed by atoms with E-state index < -0.39 is 11.6 Å². The largest absolute Gasteiger partial charge is 0.357 e. The van der Waals surface area contributed by atoms with Crippen LogP contribution in [0.15, 0.2) is 61.1 Å². The third-order valence-corrected chi connectivity index (χ3v) is 5.07. The van der Waals surface area contributed by atoms with Crippen molar-refractivity contribution in [2.75, 3.05) is 23.3 Å². The van der Waals surface area contributed by atoms with Crippen LogP contribution in [0.5, 0.6) is 0 Å². The van der Waals surface area contributed by atoms with Gasteiger partial charge < -0.3 is 10.2 Å². The normalized spacial score (nSPS) is 13.0. The number of pyridine rings is 1. The standard InChI is InChI=1S/C17H18N6O.C6H4F2/c1-12-5-4-7-18-15(12)21-17(24)13-11-19-23-10-6-14(20-16(13)23)22-8-2-3-9-22;7-5-1-2-6(8)4-3-5/h4-7,10-11H,2-3,8-9H2,1H3,(H,18,21,24);1-4H. The molecule has 32 heavy (non-hydrogen) atoms. The molecule has 1 amide bonds. The van der Waals surface area contributed by atoms with Crippen molar-refractivity contribution in [1.29, 1.82) is 0 Å². The summed E-state index contributed by atoms with van der Waals surface area (Å²) in [5.41, 5.74) is 1.92. The number of carbonyl (C=O) groups is 1. The second kappa shape index (κ2) is 9.51. The average Bonchev–Trinajstić information content (AvgIpc) is 3.47. The van der Waals surface area contributed by atoms with Crippen molar-refractivity contribution < 1.29 is 13.6 Å². The van der Waals surface area contributed by atoms with Gasteiger partial charge in [-0.3, -0.25) is 4.79 Å². The number of halogens is 2. The van der Waals surface area contributed by atoms with Gasteiger partial charge in [0.2, 0.25) is 0 Å². The smallest absolute Gasteiger partial charge is 0.262 e. The van der Waals surface area contributed by atoms with E-state index in [4.69, 9.17) is 0 Å². The summed E-state index contributed by atoms with van der Waals surface area (Å²) in [5, 5.41) is 7.06. The minimum Gasteiger partial charge on any atom is -0.357 e. The van der Waals surface area contributed by atoms with E-state index in [1.807, 2.05) is 31.3 Å². The lowest BCUT2D eigenvalue weighted by atomic mass is 10.2. The predicted molar refractivity (Wildman–Crippen MR) is 118 cm³/mol. The number of aromatic nitrogens is 4. The fourth-order valence-electron chi connectivity index (χ4n) is 3.36. The number of carbonyl (C=O) groups excluding carboxylic acids is 1. The Morgan fingerprint density at radius 2 is 1.72 bits per heavy atom. The maximum absolute atomic E-state index is 12.6. The number of hydrogen-bond donors (Lipinski definition) is 1. The van der Waals surface area contributed by atoms with Crippen molar-refractivity contribution in [1.82, 2.24) is 19.6 Å². The van der Waals surface area contributed by atoms with Gasteiger partial charge in [-0.1, -0.05) is 6.07 Å². The molecule has 7 nitrogen and oxygen atoms in total. The Morgan fingerprint density at radius 3 is 2.38 bits per heavy atom. The molecule has 4 aromatic rings. The molecule has 0 aliphatic carbocycles. The molecule has 0 unspecified atom stereocenters. The molecular formula is C23H22F2N6O. The van der Waals surface area contributed by atoms with E-state index >= 15 is 0 Å². The Balaban J connectivity index is 0.000000260. The van der Waals surface area contributed by atoms with Gasteiger partial charge in [0.05, 0.1) is 6.20 Å². The molecule has 1 N–H and O–H groups in total. The van der Waals surface area contributed by atoms with E-state index in [-0.39, 0.29) is 5.91 Å². The summed E-state index contributed by atoms with van der Waals surface area (Å²) in [7, 11) is 0. The van der Waals surface area contributed by atoms with Gasteiger partial charge in [-0.2, -0.15) is 5.10 Å². The van der Waals surface area contributed by atoms with Gasteiger partial charge in [0, 0.05) is 25.5 Å². The molecular weight excluding hydrogens is 414 g/mol. The molecule has 0 bridgehead atoms. The van der Waals surface area contributed by atoms with Gasteiger partial charge in [-0.05, 0) is 61.7 Å². The number of rotatable bonds is 3. The first kappa shape index (κ1) is 21.4. The Bertz CT molecular complexity index is 1200. The van der Waals surface area contributed by atoms with Gasteiger partial charge >= 0.3 is 0 Å². The van der Waals surface area contributed by atoms with Gasteiger partial charge in [-0.15, -0.1) is 0 Å². The van der Waals surface area contributed by atoms with Crippen LogP contribution in [0.2, 0.25) is 0 Å². The Morgan fingerprint density at radius 1 is 1.03 bits per heavy atom. The summed E-state index contributed by atoms with van der Waals surface area (Å²) < 4.78 is 25.5. The highest BCUT2D eigenvalue weighted by atomic mass is 19.1. The van der Waals surface area contributed by atoms with Crippen molar-refractivity contribution in [3.8, 4) is 0 Å². The Kier molecular flexibility index (Phi) is 6.34. The number of fused-ring (bicyclic) bond motifs is 1. The summed E-state index contributed by atoms with van der Waals surface area (Å²) in [6, 6.07) is 10.00. The third-order valence-electron chi connectivity index (χ3n) is 5.07. The van der Waals surface area contributed by atoms with Crippen molar-refractivity contribution in [2.24, 2.45) is 0 Å². The quantitative estimate of drug-likeness (QED) is 0.520.